The van der Waals surface area contributed by atoms with Gasteiger partial charge in [0.05, 0.1) is 13.0 Å². The molecule has 0 aliphatic heterocycles. The third kappa shape index (κ3) is 5.01. The maximum absolute atomic E-state index is 12.1. The van der Waals surface area contributed by atoms with E-state index in [2.05, 4.69) is 32.6 Å². The highest BCUT2D eigenvalue weighted by atomic mass is 35.5. The summed E-state index contributed by atoms with van der Waals surface area (Å²) in [6, 6.07) is 8.37. The number of halogens is 1. The third-order valence-corrected chi connectivity index (χ3v) is 4.11. The van der Waals surface area contributed by atoms with Crippen molar-refractivity contribution in [3.8, 4) is 0 Å². The Hall–Kier alpha value is -1.06. The predicted molar refractivity (Wildman–Crippen MR) is 87.8 cm³/mol. The lowest BCUT2D eigenvalue weighted by Gasteiger charge is -2.31. The first kappa shape index (κ1) is 18.0. The standard InChI is InChI=1S/C17H26ClNO2/c1-12(2)19(13(3)4)11-10-15(17(20)21-5)14-8-6-7-9-16(14)18/h6-9,12-13,15H,10-11H2,1-5H3. The van der Waals surface area contributed by atoms with Crippen LogP contribution in [0.5, 0.6) is 0 Å². The van der Waals surface area contributed by atoms with Crippen molar-refractivity contribution in [2.75, 3.05) is 13.7 Å². The van der Waals surface area contributed by atoms with Crippen molar-refractivity contribution in [1.82, 2.24) is 4.90 Å². The molecule has 0 heterocycles. The first-order chi connectivity index (χ1) is 9.88. The van der Waals surface area contributed by atoms with E-state index in [0.717, 1.165) is 12.1 Å². The van der Waals surface area contributed by atoms with Gasteiger partial charge in [-0.1, -0.05) is 29.8 Å². The molecule has 0 saturated heterocycles. The molecule has 0 amide bonds. The minimum Gasteiger partial charge on any atom is -0.469 e. The zero-order valence-electron chi connectivity index (χ0n) is 13.6. The fourth-order valence-electron chi connectivity index (χ4n) is 2.69. The molecule has 21 heavy (non-hydrogen) atoms. The van der Waals surface area contributed by atoms with Crippen LogP contribution in [0.2, 0.25) is 5.02 Å². The van der Waals surface area contributed by atoms with Crippen LogP contribution in [0, 0.1) is 0 Å². The van der Waals surface area contributed by atoms with Crippen LogP contribution in [-0.4, -0.2) is 36.6 Å². The smallest absolute Gasteiger partial charge is 0.313 e. The Labute approximate surface area is 133 Å². The van der Waals surface area contributed by atoms with Gasteiger partial charge < -0.3 is 4.74 Å². The topological polar surface area (TPSA) is 29.5 Å². The summed E-state index contributed by atoms with van der Waals surface area (Å²) in [4.78, 5) is 14.5. The van der Waals surface area contributed by atoms with Crippen LogP contribution >= 0.6 is 11.6 Å². The molecule has 3 nitrogen and oxygen atoms in total. The van der Waals surface area contributed by atoms with Gasteiger partial charge in [0, 0.05) is 17.1 Å². The van der Waals surface area contributed by atoms with E-state index < -0.39 is 0 Å². The molecule has 0 bridgehead atoms. The second-order valence-electron chi connectivity index (χ2n) is 5.81. The van der Waals surface area contributed by atoms with Gasteiger partial charge in [0.2, 0.25) is 0 Å². The number of carbonyl (C=O) groups excluding carboxylic acids is 1. The average molecular weight is 312 g/mol. The monoisotopic (exact) mass is 311 g/mol. The molecule has 1 unspecified atom stereocenters. The lowest BCUT2D eigenvalue weighted by atomic mass is 9.95. The summed E-state index contributed by atoms with van der Waals surface area (Å²) >= 11 is 6.24. The van der Waals surface area contributed by atoms with Crippen LogP contribution in [0.15, 0.2) is 24.3 Å². The molecule has 1 aromatic carbocycles. The molecule has 0 fully saturated rings. The van der Waals surface area contributed by atoms with Gasteiger partial charge in [-0.25, -0.2) is 0 Å². The van der Waals surface area contributed by atoms with Crippen LogP contribution in [0.4, 0.5) is 0 Å². The normalized spacial score (nSPS) is 13.0. The molecule has 0 radical (unpaired) electrons. The highest BCUT2D eigenvalue weighted by Gasteiger charge is 2.25. The summed E-state index contributed by atoms with van der Waals surface area (Å²) in [7, 11) is 1.43. The van der Waals surface area contributed by atoms with Crippen molar-refractivity contribution < 1.29 is 9.53 Å². The predicted octanol–water partition coefficient (Wildman–Crippen LogP) is 4.11. The van der Waals surface area contributed by atoms with Crippen LogP contribution in [0.25, 0.3) is 0 Å². The Bertz CT molecular complexity index is 452. The summed E-state index contributed by atoms with van der Waals surface area (Å²) < 4.78 is 4.96. The summed E-state index contributed by atoms with van der Waals surface area (Å²) in [5.74, 6) is -0.542. The minimum atomic E-state index is -0.316. The van der Waals surface area contributed by atoms with Crippen LogP contribution in [-0.2, 0) is 9.53 Å². The Balaban J connectivity index is 2.90. The SMILES string of the molecule is COC(=O)C(CCN(C(C)C)C(C)C)c1ccccc1Cl. The van der Waals surface area contributed by atoms with Gasteiger partial charge in [-0.3, -0.25) is 9.69 Å². The first-order valence-corrected chi connectivity index (χ1v) is 7.84. The van der Waals surface area contributed by atoms with E-state index in [9.17, 15) is 4.79 Å². The number of rotatable bonds is 7. The molecule has 0 aliphatic rings. The lowest BCUT2D eigenvalue weighted by Crippen LogP contribution is -2.38. The van der Waals surface area contributed by atoms with Crippen molar-refractivity contribution in [3.63, 3.8) is 0 Å². The number of benzene rings is 1. The van der Waals surface area contributed by atoms with Crippen LogP contribution in [0.1, 0.15) is 45.6 Å². The van der Waals surface area contributed by atoms with E-state index >= 15 is 0 Å². The molecule has 0 N–H and O–H groups in total. The van der Waals surface area contributed by atoms with Gasteiger partial charge in [-0.2, -0.15) is 0 Å². The number of esters is 1. The Kier molecular flexibility index (Phi) is 7.20. The highest BCUT2D eigenvalue weighted by molar-refractivity contribution is 6.31. The van der Waals surface area contributed by atoms with Crippen LogP contribution < -0.4 is 0 Å². The van der Waals surface area contributed by atoms with Gasteiger partial charge >= 0.3 is 5.97 Å². The van der Waals surface area contributed by atoms with Crippen LogP contribution in [0.3, 0.4) is 0 Å². The van der Waals surface area contributed by atoms with Crippen molar-refractivity contribution in [2.24, 2.45) is 0 Å². The summed E-state index contributed by atoms with van der Waals surface area (Å²) in [5, 5.41) is 0.619. The highest BCUT2D eigenvalue weighted by Crippen LogP contribution is 2.28. The van der Waals surface area contributed by atoms with Crippen molar-refractivity contribution in [2.45, 2.75) is 52.1 Å². The molecule has 4 heteroatoms. The molecule has 118 valence electrons. The quantitative estimate of drug-likeness (QED) is 0.710. The molecule has 0 spiro atoms. The molecule has 1 atom stereocenters. The van der Waals surface area contributed by atoms with E-state index in [1.54, 1.807) is 0 Å². The number of nitrogens with zero attached hydrogens (tertiary/aromatic N) is 1. The molecular formula is C17H26ClNO2. The summed E-state index contributed by atoms with van der Waals surface area (Å²) in [6.45, 7) is 9.51. The van der Waals surface area contributed by atoms with E-state index in [4.69, 9.17) is 16.3 Å². The average Bonchev–Trinajstić information content (AvgIpc) is 2.43. The Morgan fingerprint density at radius 3 is 2.24 bits per heavy atom. The van der Waals surface area contributed by atoms with E-state index in [0.29, 0.717) is 23.5 Å². The van der Waals surface area contributed by atoms with Crippen molar-refractivity contribution in [3.05, 3.63) is 34.9 Å². The van der Waals surface area contributed by atoms with Gasteiger partial charge in [-0.05, 0) is 52.3 Å². The number of hydrogen-bond acceptors (Lipinski definition) is 3. The van der Waals surface area contributed by atoms with E-state index in [1.807, 2.05) is 24.3 Å². The first-order valence-electron chi connectivity index (χ1n) is 7.46. The zero-order valence-corrected chi connectivity index (χ0v) is 14.4. The maximum atomic E-state index is 12.1. The number of ether oxygens (including phenoxy) is 1. The third-order valence-electron chi connectivity index (χ3n) is 3.77. The van der Waals surface area contributed by atoms with E-state index in [1.165, 1.54) is 7.11 Å². The summed E-state index contributed by atoms with van der Waals surface area (Å²) in [6.07, 6.45) is 0.701. The molecule has 0 aromatic heterocycles. The fraction of sp³-hybridized carbons (Fsp3) is 0.588. The number of carbonyl (C=O) groups is 1. The Morgan fingerprint density at radius 1 is 1.19 bits per heavy atom. The molecule has 1 aromatic rings. The number of methoxy groups -OCH3 is 1. The molecule has 0 aliphatic carbocycles. The fourth-order valence-corrected chi connectivity index (χ4v) is 2.96. The Morgan fingerprint density at radius 2 is 1.76 bits per heavy atom. The largest absolute Gasteiger partial charge is 0.469 e. The lowest BCUT2D eigenvalue weighted by molar-refractivity contribution is -0.142. The van der Waals surface area contributed by atoms with Gasteiger partial charge in [0.25, 0.3) is 0 Å². The number of hydrogen-bond donors (Lipinski definition) is 0. The second kappa shape index (κ2) is 8.40. The zero-order chi connectivity index (χ0) is 16.0. The molecule has 0 saturated carbocycles. The van der Waals surface area contributed by atoms with Gasteiger partial charge in [-0.15, -0.1) is 0 Å². The van der Waals surface area contributed by atoms with E-state index in [-0.39, 0.29) is 11.9 Å². The van der Waals surface area contributed by atoms with Gasteiger partial charge in [0.15, 0.2) is 0 Å². The van der Waals surface area contributed by atoms with Gasteiger partial charge in [0.1, 0.15) is 0 Å². The minimum absolute atomic E-state index is 0.226. The molecule has 1 rings (SSSR count). The maximum Gasteiger partial charge on any atom is 0.313 e. The second-order valence-corrected chi connectivity index (χ2v) is 6.22. The van der Waals surface area contributed by atoms with Crippen molar-refractivity contribution in [1.29, 1.82) is 0 Å². The van der Waals surface area contributed by atoms with Crippen molar-refractivity contribution >= 4 is 17.6 Å². The molecular weight excluding hydrogens is 286 g/mol. The summed E-state index contributed by atoms with van der Waals surface area (Å²) in [5.41, 5.74) is 0.846.